The number of nitrogens with zero attached hydrogens (tertiary/aromatic N) is 1. The van der Waals surface area contributed by atoms with Crippen molar-refractivity contribution in [3.05, 3.63) is 0 Å². The third-order valence-corrected chi connectivity index (χ3v) is 7.35. The minimum Gasteiger partial charge on any atom is -0.378 e. The van der Waals surface area contributed by atoms with Gasteiger partial charge >= 0.3 is 0 Å². The van der Waals surface area contributed by atoms with E-state index in [4.69, 9.17) is 4.74 Å². The Hall–Kier alpha value is -0.660. The lowest BCUT2D eigenvalue weighted by atomic mass is 9.51. The van der Waals surface area contributed by atoms with Crippen LogP contribution in [0.3, 0.4) is 0 Å². The van der Waals surface area contributed by atoms with Gasteiger partial charge in [-0.05, 0) is 39.0 Å². The van der Waals surface area contributed by atoms with Gasteiger partial charge in [-0.2, -0.15) is 0 Å². The Bertz CT molecular complexity index is 550. The van der Waals surface area contributed by atoms with Gasteiger partial charge in [-0.3, -0.25) is 4.79 Å². The van der Waals surface area contributed by atoms with Gasteiger partial charge in [-0.1, -0.05) is 6.42 Å². The normalized spacial score (nSPS) is 31.4. The predicted molar refractivity (Wildman–Crippen MR) is 87.4 cm³/mol. The standard InChI is InChI=1S/C16H28N2O4S/c1-3-22-14-11-13(16(14)7-4-8-16)17-15(19)12-5-9-18(10-6-12)23(2,20)21/h12-14H,3-11H2,1-2H3,(H,17,19)/t13-,14+/m0/s1. The Morgan fingerprint density at radius 2 is 1.96 bits per heavy atom. The number of carbonyl (C=O) groups excluding carboxylic acids is 1. The maximum absolute atomic E-state index is 12.5. The molecule has 23 heavy (non-hydrogen) atoms. The molecule has 0 aromatic rings. The molecule has 3 aliphatic rings. The van der Waals surface area contributed by atoms with Crippen LogP contribution in [0.15, 0.2) is 0 Å². The maximum Gasteiger partial charge on any atom is 0.223 e. The first kappa shape index (κ1) is 17.2. The number of amides is 1. The topological polar surface area (TPSA) is 75.7 Å². The fraction of sp³-hybridized carbons (Fsp3) is 0.938. The summed E-state index contributed by atoms with van der Waals surface area (Å²) in [7, 11) is -3.13. The van der Waals surface area contributed by atoms with Crippen molar-refractivity contribution >= 4 is 15.9 Å². The summed E-state index contributed by atoms with van der Waals surface area (Å²) >= 11 is 0. The molecule has 2 saturated carbocycles. The second kappa shape index (κ2) is 6.33. The quantitative estimate of drug-likeness (QED) is 0.811. The Kier molecular flexibility index (Phi) is 4.73. The molecule has 2 aliphatic carbocycles. The number of piperidine rings is 1. The summed E-state index contributed by atoms with van der Waals surface area (Å²) in [5.74, 6) is 0.0423. The highest BCUT2D eigenvalue weighted by Gasteiger charge is 2.59. The lowest BCUT2D eigenvalue weighted by Crippen LogP contribution is -2.68. The minimum atomic E-state index is -3.13. The van der Waals surface area contributed by atoms with Gasteiger partial charge in [0.1, 0.15) is 0 Å². The van der Waals surface area contributed by atoms with Crippen LogP contribution < -0.4 is 5.32 Å². The molecule has 1 N–H and O–H groups in total. The number of nitrogens with one attached hydrogen (secondary N) is 1. The number of rotatable bonds is 5. The van der Waals surface area contributed by atoms with Crippen LogP contribution in [0.25, 0.3) is 0 Å². The van der Waals surface area contributed by atoms with E-state index >= 15 is 0 Å². The number of carbonyl (C=O) groups is 1. The van der Waals surface area contributed by atoms with Gasteiger partial charge in [-0.15, -0.1) is 0 Å². The lowest BCUT2D eigenvalue weighted by molar-refractivity contribution is -0.177. The van der Waals surface area contributed by atoms with Crippen molar-refractivity contribution in [1.29, 1.82) is 0 Å². The third-order valence-electron chi connectivity index (χ3n) is 6.05. The van der Waals surface area contributed by atoms with Gasteiger partial charge in [0.15, 0.2) is 0 Å². The molecule has 1 aliphatic heterocycles. The van der Waals surface area contributed by atoms with Gasteiger partial charge in [0.2, 0.25) is 15.9 Å². The van der Waals surface area contributed by atoms with Gasteiger partial charge in [0.25, 0.3) is 0 Å². The van der Waals surface area contributed by atoms with Crippen LogP contribution in [0.2, 0.25) is 0 Å². The van der Waals surface area contributed by atoms with E-state index in [2.05, 4.69) is 5.32 Å². The molecular formula is C16H28N2O4S. The van der Waals surface area contributed by atoms with E-state index in [1.165, 1.54) is 17.0 Å². The summed E-state index contributed by atoms with van der Waals surface area (Å²) in [5, 5.41) is 3.23. The highest BCUT2D eigenvalue weighted by atomic mass is 32.2. The fourth-order valence-electron chi connectivity index (χ4n) is 4.38. The summed E-state index contributed by atoms with van der Waals surface area (Å²) in [6.45, 7) is 3.66. The molecule has 0 aromatic carbocycles. The molecule has 0 unspecified atom stereocenters. The highest BCUT2D eigenvalue weighted by molar-refractivity contribution is 7.88. The molecule has 1 heterocycles. The van der Waals surface area contributed by atoms with Crippen LogP contribution in [-0.4, -0.2) is 56.7 Å². The van der Waals surface area contributed by atoms with E-state index in [1.807, 2.05) is 6.92 Å². The highest BCUT2D eigenvalue weighted by Crippen LogP contribution is 2.57. The molecular weight excluding hydrogens is 316 g/mol. The maximum atomic E-state index is 12.5. The van der Waals surface area contributed by atoms with Crippen molar-refractivity contribution in [2.45, 2.75) is 57.6 Å². The van der Waals surface area contributed by atoms with Gasteiger partial charge < -0.3 is 10.1 Å². The fourth-order valence-corrected chi connectivity index (χ4v) is 5.25. The van der Waals surface area contributed by atoms with Crippen molar-refractivity contribution in [1.82, 2.24) is 9.62 Å². The molecule has 132 valence electrons. The largest absolute Gasteiger partial charge is 0.378 e. The van der Waals surface area contributed by atoms with Crippen LogP contribution in [0, 0.1) is 11.3 Å². The van der Waals surface area contributed by atoms with Crippen LogP contribution in [-0.2, 0) is 19.6 Å². The summed E-state index contributed by atoms with van der Waals surface area (Å²) in [6.07, 6.45) is 7.21. The molecule has 1 spiro atoms. The Balaban J connectivity index is 1.51. The molecule has 3 fully saturated rings. The molecule has 6 nitrogen and oxygen atoms in total. The van der Waals surface area contributed by atoms with Gasteiger partial charge in [-0.25, -0.2) is 12.7 Å². The first-order valence-corrected chi connectivity index (χ1v) is 10.6. The molecule has 0 radical (unpaired) electrons. The second-order valence-electron chi connectivity index (χ2n) is 7.26. The lowest BCUT2D eigenvalue weighted by Gasteiger charge is -2.61. The van der Waals surface area contributed by atoms with Crippen molar-refractivity contribution in [3.8, 4) is 0 Å². The van der Waals surface area contributed by atoms with Crippen molar-refractivity contribution < 1.29 is 17.9 Å². The molecule has 0 bridgehead atoms. The zero-order chi connectivity index (χ0) is 16.7. The number of hydrogen-bond acceptors (Lipinski definition) is 4. The van der Waals surface area contributed by atoms with Crippen molar-refractivity contribution in [3.63, 3.8) is 0 Å². The second-order valence-corrected chi connectivity index (χ2v) is 9.25. The molecule has 1 amide bonds. The van der Waals surface area contributed by atoms with E-state index < -0.39 is 10.0 Å². The van der Waals surface area contributed by atoms with E-state index in [0.717, 1.165) is 25.9 Å². The smallest absolute Gasteiger partial charge is 0.223 e. The van der Waals surface area contributed by atoms with Crippen LogP contribution >= 0.6 is 0 Å². The predicted octanol–water partition coefficient (Wildman–Crippen LogP) is 1.12. The molecule has 3 rings (SSSR count). The number of ether oxygens (including phenoxy) is 1. The van der Waals surface area contributed by atoms with E-state index in [-0.39, 0.29) is 23.3 Å². The third kappa shape index (κ3) is 3.15. The summed E-state index contributed by atoms with van der Waals surface area (Å²) in [6, 6.07) is 0.244. The minimum absolute atomic E-state index is 0.0590. The zero-order valence-corrected chi connectivity index (χ0v) is 14.9. The Labute approximate surface area is 139 Å². The SMILES string of the molecule is CCO[C@@H]1C[C@H](NC(=O)C2CCN(S(C)(=O)=O)CC2)C12CCC2. The van der Waals surface area contributed by atoms with E-state index in [0.29, 0.717) is 32.0 Å². The van der Waals surface area contributed by atoms with Crippen LogP contribution in [0.4, 0.5) is 0 Å². The molecule has 7 heteroatoms. The first-order valence-electron chi connectivity index (χ1n) is 8.74. The Morgan fingerprint density at radius 3 is 2.43 bits per heavy atom. The van der Waals surface area contributed by atoms with E-state index in [1.54, 1.807) is 0 Å². The molecule has 0 aromatic heterocycles. The first-order chi connectivity index (χ1) is 10.9. The summed E-state index contributed by atoms with van der Waals surface area (Å²) in [4.78, 5) is 12.5. The van der Waals surface area contributed by atoms with E-state index in [9.17, 15) is 13.2 Å². The molecule has 2 atom stereocenters. The number of hydrogen-bond donors (Lipinski definition) is 1. The Morgan fingerprint density at radius 1 is 1.30 bits per heavy atom. The van der Waals surface area contributed by atoms with Crippen molar-refractivity contribution in [2.75, 3.05) is 26.0 Å². The average molecular weight is 344 g/mol. The summed E-state index contributed by atoms with van der Waals surface area (Å²) < 4.78 is 30.4. The van der Waals surface area contributed by atoms with Crippen molar-refractivity contribution in [2.24, 2.45) is 11.3 Å². The average Bonchev–Trinajstić information content (AvgIpc) is 2.43. The van der Waals surface area contributed by atoms with Crippen LogP contribution in [0.5, 0.6) is 0 Å². The van der Waals surface area contributed by atoms with Gasteiger partial charge in [0.05, 0.1) is 12.4 Å². The van der Waals surface area contributed by atoms with Crippen LogP contribution in [0.1, 0.15) is 45.4 Å². The number of sulfonamides is 1. The summed E-state index contributed by atoms with van der Waals surface area (Å²) in [5.41, 5.74) is 0.180. The zero-order valence-electron chi connectivity index (χ0n) is 14.1. The monoisotopic (exact) mass is 344 g/mol. The van der Waals surface area contributed by atoms with Gasteiger partial charge in [0, 0.05) is 37.1 Å². The molecule has 1 saturated heterocycles.